The highest BCUT2D eigenvalue weighted by molar-refractivity contribution is 6.32. The van der Waals surface area contributed by atoms with Gasteiger partial charge in [0.05, 0.1) is 19.4 Å². The minimum atomic E-state index is -0.194. The molecule has 0 spiro atoms. The molecule has 0 fully saturated rings. The van der Waals surface area contributed by atoms with Crippen LogP contribution >= 0.6 is 11.6 Å². The summed E-state index contributed by atoms with van der Waals surface area (Å²) in [5.74, 6) is 5.35. The lowest BCUT2D eigenvalue weighted by atomic mass is 10.1. The molecule has 0 saturated heterocycles. The number of anilines is 1. The van der Waals surface area contributed by atoms with Crippen molar-refractivity contribution in [2.24, 2.45) is 5.90 Å². The summed E-state index contributed by atoms with van der Waals surface area (Å²) >= 11 is 6.07. The maximum absolute atomic E-state index is 11.2. The van der Waals surface area contributed by atoms with Crippen molar-refractivity contribution in [3.8, 4) is 5.75 Å². The zero-order valence-electron chi connectivity index (χ0n) is 9.75. The lowest BCUT2D eigenvalue weighted by Gasteiger charge is -2.15. The first-order valence-corrected chi connectivity index (χ1v) is 5.42. The van der Waals surface area contributed by atoms with E-state index in [-0.39, 0.29) is 5.91 Å². The Balaban J connectivity index is 3.16. The molecule has 94 valence electrons. The molecule has 17 heavy (non-hydrogen) atoms. The number of rotatable bonds is 5. The van der Waals surface area contributed by atoms with E-state index in [1.54, 1.807) is 12.1 Å². The van der Waals surface area contributed by atoms with Crippen molar-refractivity contribution in [3.05, 3.63) is 22.7 Å². The Hall–Kier alpha value is -1.30. The number of carbonyl (C=O) groups excluding carboxylic acids is 1. The minimum Gasteiger partial charge on any atom is -0.495 e. The molecule has 0 aliphatic rings. The van der Waals surface area contributed by atoms with Crippen LogP contribution < -0.4 is 16.0 Å². The first-order chi connectivity index (χ1) is 8.10. The van der Waals surface area contributed by atoms with Crippen LogP contribution in [0.25, 0.3) is 0 Å². The van der Waals surface area contributed by atoms with Crippen LogP contribution in [0, 0.1) is 0 Å². The van der Waals surface area contributed by atoms with Gasteiger partial charge in [-0.3, -0.25) is 4.79 Å². The Morgan fingerprint density at radius 3 is 2.76 bits per heavy atom. The van der Waals surface area contributed by atoms with E-state index in [1.807, 2.05) is 0 Å². The van der Waals surface area contributed by atoms with Gasteiger partial charge >= 0.3 is 0 Å². The van der Waals surface area contributed by atoms with Gasteiger partial charge in [0.1, 0.15) is 5.75 Å². The summed E-state index contributed by atoms with van der Waals surface area (Å²) in [7, 11) is 1.53. The van der Waals surface area contributed by atoms with Crippen LogP contribution in [-0.4, -0.2) is 19.6 Å². The van der Waals surface area contributed by atoms with Crippen LogP contribution in [-0.2, 0) is 16.1 Å². The molecule has 0 bridgehead atoms. The van der Waals surface area contributed by atoms with Crippen LogP contribution in [0.3, 0.4) is 0 Å². The standard InChI is InChI=1S/C11H15ClN2O3/c1-7(15)14-11-8(5-6-17-13)9(12)3-4-10(11)16-2/h3-4H,5-6,13H2,1-2H3,(H,14,15). The molecule has 1 aromatic rings. The predicted molar refractivity (Wildman–Crippen MR) is 66.2 cm³/mol. The monoisotopic (exact) mass is 258 g/mol. The molecule has 0 atom stereocenters. The molecule has 0 radical (unpaired) electrons. The van der Waals surface area contributed by atoms with Gasteiger partial charge in [0.2, 0.25) is 5.91 Å². The smallest absolute Gasteiger partial charge is 0.221 e. The number of nitrogens with two attached hydrogens (primary N) is 1. The number of amides is 1. The third kappa shape index (κ3) is 3.59. The summed E-state index contributed by atoms with van der Waals surface area (Å²) in [5.41, 5.74) is 1.30. The summed E-state index contributed by atoms with van der Waals surface area (Å²) in [4.78, 5) is 15.7. The fraction of sp³-hybridized carbons (Fsp3) is 0.364. The first kappa shape index (κ1) is 13.8. The van der Waals surface area contributed by atoms with E-state index in [0.29, 0.717) is 29.5 Å². The Morgan fingerprint density at radius 2 is 2.24 bits per heavy atom. The van der Waals surface area contributed by atoms with Gasteiger partial charge in [-0.1, -0.05) is 11.6 Å². The number of halogens is 1. The van der Waals surface area contributed by atoms with E-state index in [1.165, 1.54) is 14.0 Å². The van der Waals surface area contributed by atoms with Gasteiger partial charge in [-0.25, -0.2) is 5.90 Å². The van der Waals surface area contributed by atoms with Crippen LogP contribution in [0.1, 0.15) is 12.5 Å². The number of nitrogens with one attached hydrogen (secondary N) is 1. The second-order valence-electron chi connectivity index (χ2n) is 3.41. The molecule has 6 heteroatoms. The van der Waals surface area contributed by atoms with Crippen molar-refractivity contribution < 1.29 is 14.4 Å². The normalized spacial score (nSPS) is 10.1. The van der Waals surface area contributed by atoms with Gasteiger partial charge in [0.15, 0.2) is 0 Å². The van der Waals surface area contributed by atoms with Crippen molar-refractivity contribution in [2.75, 3.05) is 19.0 Å². The molecular formula is C11H15ClN2O3. The van der Waals surface area contributed by atoms with E-state index in [0.717, 1.165) is 5.56 Å². The molecule has 1 amide bonds. The highest BCUT2D eigenvalue weighted by Gasteiger charge is 2.14. The first-order valence-electron chi connectivity index (χ1n) is 5.04. The topological polar surface area (TPSA) is 73.6 Å². The summed E-state index contributed by atoms with van der Waals surface area (Å²) in [6.07, 6.45) is 0.488. The van der Waals surface area contributed by atoms with Gasteiger partial charge in [-0.2, -0.15) is 0 Å². The van der Waals surface area contributed by atoms with E-state index >= 15 is 0 Å². The van der Waals surface area contributed by atoms with E-state index in [9.17, 15) is 4.79 Å². The average Bonchev–Trinajstić information content (AvgIpc) is 2.28. The Bertz CT molecular complexity index is 410. The number of hydrogen-bond donors (Lipinski definition) is 2. The third-order valence-corrected chi connectivity index (χ3v) is 2.56. The lowest BCUT2D eigenvalue weighted by Crippen LogP contribution is -2.12. The molecule has 0 heterocycles. The van der Waals surface area contributed by atoms with Crippen LogP contribution in [0.2, 0.25) is 5.02 Å². The van der Waals surface area contributed by atoms with Crippen LogP contribution in [0.15, 0.2) is 12.1 Å². The van der Waals surface area contributed by atoms with E-state index in [4.69, 9.17) is 22.2 Å². The number of carbonyl (C=O) groups is 1. The average molecular weight is 259 g/mol. The Kier molecular flexibility index (Phi) is 5.21. The quantitative estimate of drug-likeness (QED) is 0.789. The number of methoxy groups -OCH3 is 1. The van der Waals surface area contributed by atoms with Crippen molar-refractivity contribution in [2.45, 2.75) is 13.3 Å². The molecule has 1 aromatic carbocycles. The number of hydrogen-bond acceptors (Lipinski definition) is 4. The second kappa shape index (κ2) is 6.44. The molecule has 0 saturated carbocycles. The molecule has 1 rings (SSSR count). The third-order valence-electron chi connectivity index (χ3n) is 2.21. The summed E-state index contributed by atoms with van der Waals surface area (Å²) in [6, 6.07) is 3.40. The van der Waals surface area contributed by atoms with Gasteiger partial charge in [-0.05, 0) is 12.1 Å². The van der Waals surface area contributed by atoms with Gasteiger partial charge in [0.25, 0.3) is 0 Å². The molecule has 0 aliphatic heterocycles. The maximum atomic E-state index is 11.2. The molecular weight excluding hydrogens is 244 g/mol. The highest BCUT2D eigenvalue weighted by Crippen LogP contribution is 2.34. The van der Waals surface area contributed by atoms with Crippen LogP contribution in [0.4, 0.5) is 5.69 Å². The van der Waals surface area contributed by atoms with Crippen molar-refractivity contribution in [1.29, 1.82) is 0 Å². The van der Waals surface area contributed by atoms with Crippen molar-refractivity contribution in [1.82, 2.24) is 0 Å². The SMILES string of the molecule is COc1ccc(Cl)c(CCON)c1NC(C)=O. The summed E-state index contributed by atoms with van der Waals surface area (Å²) < 4.78 is 5.18. The lowest BCUT2D eigenvalue weighted by molar-refractivity contribution is -0.114. The molecule has 5 nitrogen and oxygen atoms in total. The molecule has 0 aliphatic carbocycles. The minimum absolute atomic E-state index is 0.194. The fourth-order valence-corrected chi connectivity index (χ4v) is 1.74. The number of ether oxygens (including phenoxy) is 1. The predicted octanol–water partition coefficient (Wildman–Crippen LogP) is 1.74. The van der Waals surface area contributed by atoms with Crippen molar-refractivity contribution in [3.63, 3.8) is 0 Å². The summed E-state index contributed by atoms with van der Waals surface area (Å²) in [6.45, 7) is 1.73. The van der Waals surface area contributed by atoms with E-state index < -0.39 is 0 Å². The fourth-order valence-electron chi connectivity index (χ4n) is 1.49. The molecule has 0 unspecified atom stereocenters. The highest BCUT2D eigenvalue weighted by atomic mass is 35.5. The van der Waals surface area contributed by atoms with Crippen molar-refractivity contribution >= 4 is 23.2 Å². The Labute approximate surface area is 105 Å². The molecule has 0 aromatic heterocycles. The van der Waals surface area contributed by atoms with Crippen LogP contribution in [0.5, 0.6) is 5.75 Å². The van der Waals surface area contributed by atoms with Gasteiger partial charge < -0.3 is 14.9 Å². The zero-order chi connectivity index (χ0) is 12.8. The Morgan fingerprint density at radius 1 is 1.53 bits per heavy atom. The second-order valence-corrected chi connectivity index (χ2v) is 3.81. The van der Waals surface area contributed by atoms with Gasteiger partial charge in [-0.15, -0.1) is 0 Å². The van der Waals surface area contributed by atoms with E-state index in [2.05, 4.69) is 10.2 Å². The van der Waals surface area contributed by atoms with Gasteiger partial charge in [0, 0.05) is 23.9 Å². The largest absolute Gasteiger partial charge is 0.495 e. The maximum Gasteiger partial charge on any atom is 0.221 e. The summed E-state index contributed by atoms with van der Waals surface area (Å²) in [5, 5.41) is 3.23. The zero-order valence-corrected chi connectivity index (χ0v) is 10.5. The molecule has 3 N–H and O–H groups in total. The number of benzene rings is 1.